The van der Waals surface area contributed by atoms with Crippen molar-refractivity contribution >= 4 is 5.91 Å². The molecule has 30 heavy (non-hydrogen) atoms. The van der Waals surface area contributed by atoms with Gasteiger partial charge in [0, 0.05) is 18.7 Å². The van der Waals surface area contributed by atoms with E-state index in [2.05, 4.69) is 10.1 Å². The molecule has 0 aliphatic carbocycles. The number of methoxy groups -OCH3 is 3. The summed E-state index contributed by atoms with van der Waals surface area (Å²) in [6.45, 7) is 1.54. The lowest BCUT2D eigenvalue weighted by atomic mass is 10.1. The Balaban J connectivity index is 1.72. The van der Waals surface area contributed by atoms with Crippen molar-refractivity contribution in [2.45, 2.75) is 12.8 Å². The Morgan fingerprint density at radius 3 is 2.30 bits per heavy atom. The summed E-state index contributed by atoms with van der Waals surface area (Å²) in [5.41, 5.74) is 1.81. The van der Waals surface area contributed by atoms with Crippen molar-refractivity contribution in [3.8, 4) is 40.1 Å². The molecule has 2 aromatic carbocycles. The standard InChI is InChI=1S/C22H23N3O5/c1-27-17-12-14(13-18(28-2)19(17)29-3)20-23-21(30-24-20)15-8-4-5-9-16(15)22(26)25-10-6-7-11-25/h4-5,8-9,12-13H,6-7,10-11H2,1-3H3. The molecular weight excluding hydrogens is 386 g/mol. The van der Waals surface area contributed by atoms with E-state index in [0.717, 1.165) is 25.9 Å². The molecule has 1 aromatic heterocycles. The fraction of sp³-hybridized carbons (Fsp3) is 0.318. The summed E-state index contributed by atoms with van der Waals surface area (Å²) >= 11 is 0. The first-order chi connectivity index (χ1) is 14.7. The van der Waals surface area contributed by atoms with E-state index in [1.54, 1.807) is 39.5 Å². The van der Waals surface area contributed by atoms with Crippen molar-refractivity contribution < 1.29 is 23.5 Å². The molecule has 4 rings (SSSR count). The number of hydrogen-bond acceptors (Lipinski definition) is 7. The normalized spacial score (nSPS) is 13.4. The molecule has 8 heteroatoms. The predicted molar refractivity (Wildman–Crippen MR) is 110 cm³/mol. The third-order valence-corrected chi connectivity index (χ3v) is 5.13. The van der Waals surface area contributed by atoms with Gasteiger partial charge in [-0.1, -0.05) is 17.3 Å². The summed E-state index contributed by atoms with van der Waals surface area (Å²) in [6, 6.07) is 10.8. The van der Waals surface area contributed by atoms with Gasteiger partial charge in [0.1, 0.15) is 0 Å². The summed E-state index contributed by atoms with van der Waals surface area (Å²) in [4.78, 5) is 19.3. The van der Waals surface area contributed by atoms with E-state index in [9.17, 15) is 4.79 Å². The van der Waals surface area contributed by atoms with Gasteiger partial charge in [-0.05, 0) is 37.1 Å². The summed E-state index contributed by atoms with van der Waals surface area (Å²) in [5.74, 6) is 2.07. The van der Waals surface area contributed by atoms with Crippen LogP contribution in [0.4, 0.5) is 0 Å². The Labute approximate surface area is 174 Å². The van der Waals surface area contributed by atoms with Crippen LogP contribution in [-0.4, -0.2) is 55.4 Å². The fourth-order valence-corrected chi connectivity index (χ4v) is 3.61. The Bertz CT molecular complexity index is 1030. The highest BCUT2D eigenvalue weighted by molar-refractivity contribution is 6.00. The molecule has 0 unspecified atom stereocenters. The van der Waals surface area contributed by atoms with Crippen LogP contribution in [-0.2, 0) is 0 Å². The zero-order valence-corrected chi connectivity index (χ0v) is 17.2. The van der Waals surface area contributed by atoms with Crippen LogP contribution in [0.3, 0.4) is 0 Å². The zero-order valence-electron chi connectivity index (χ0n) is 17.2. The van der Waals surface area contributed by atoms with Crippen LogP contribution in [0.1, 0.15) is 23.2 Å². The Hall–Kier alpha value is -3.55. The molecule has 1 fully saturated rings. The number of rotatable bonds is 6. The monoisotopic (exact) mass is 409 g/mol. The second-order valence-electron chi connectivity index (χ2n) is 6.88. The molecule has 3 aromatic rings. The van der Waals surface area contributed by atoms with Gasteiger partial charge in [-0.2, -0.15) is 4.98 Å². The average Bonchev–Trinajstić information content (AvgIpc) is 3.50. The average molecular weight is 409 g/mol. The summed E-state index contributed by atoms with van der Waals surface area (Å²) in [5, 5.41) is 4.10. The minimum Gasteiger partial charge on any atom is -0.493 e. The number of aromatic nitrogens is 2. The van der Waals surface area contributed by atoms with Crippen molar-refractivity contribution in [1.29, 1.82) is 0 Å². The topological polar surface area (TPSA) is 86.9 Å². The molecular formula is C22H23N3O5. The molecule has 0 radical (unpaired) electrons. The second kappa shape index (κ2) is 8.44. The maximum atomic E-state index is 12.9. The van der Waals surface area contributed by atoms with Crippen molar-refractivity contribution in [2.75, 3.05) is 34.4 Å². The van der Waals surface area contributed by atoms with Gasteiger partial charge in [-0.25, -0.2) is 0 Å². The Morgan fingerprint density at radius 1 is 1.00 bits per heavy atom. The Kier molecular flexibility index (Phi) is 5.56. The molecule has 0 spiro atoms. The highest BCUT2D eigenvalue weighted by Crippen LogP contribution is 2.41. The highest BCUT2D eigenvalue weighted by Gasteiger charge is 2.25. The van der Waals surface area contributed by atoms with Crippen molar-refractivity contribution in [3.63, 3.8) is 0 Å². The molecule has 1 aliphatic rings. The van der Waals surface area contributed by atoms with Gasteiger partial charge in [0.25, 0.3) is 11.8 Å². The van der Waals surface area contributed by atoms with Crippen LogP contribution in [0.25, 0.3) is 22.8 Å². The minimum absolute atomic E-state index is 0.0179. The predicted octanol–water partition coefficient (Wildman–Crippen LogP) is 3.67. The molecule has 0 N–H and O–H groups in total. The lowest BCUT2D eigenvalue weighted by Crippen LogP contribution is -2.28. The van der Waals surface area contributed by atoms with E-state index < -0.39 is 0 Å². The maximum Gasteiger partial charge on any atom is 0.259 e. The van der Waals surface area contributed by atoms with Crippen LogP contribution in [0.5, 0.6) is 17.2 Å². The second-order valence-corrected chi connectivity index (χ2v) is 6.88. The number of ether oxygens (including phenoxy) is 3. The van der Waals surface area contributed by atoms with Gasteiger partial charge in [-0.15, -0.1) is 0 Å². The summed E-state index contributed by atoms with van der Waals surface area (Å²) in [6.07, 6.45) is 2.06. The summed E-state index contributed by atoms with van der Waals surface area (Å²) < 4.78 is 21.7. The molecule has 1 aliphatic heterocycles. The number of nitrogens with zero attached hydrogens (tertiary/aromatic N) is 3. The van der Waals surface area contributed by atoms with Crippen LogP contribution in [0, 0.1) is 0 Å². The first-order valence-electron chi connectivity index (χ1n) is 9.69. The van der Waals surface area contributed by atoms with Gasteiger partial charge >= 0.3 is 0 Å². The van der Waals surface area contributed by atoms with Crippen molar-refractivity contribution in [1.82, 2.24) is 15.0 Å². The third-order valence-electron chi connectivity index (χ3n) is 5.13. The van der Waals surface area contributed by atoms with E-state index in [0.29, 0.717) is 39.8 Å². The van der Waals surface area contributed by atoms with Crippen LogP contribution >= 0.6 is 0 Å². The lowest BCUT2D eigenvalue weighted by Gasteiger charge is -2.16. The molecule has 0 bridgehead atoms. The van der Waals surface area contributed by atoms with Gasteiger partial charge < -0.3 is 23.6 Å². The van der Waals surface area contributed by atoms with E-state index in [-0.39, 0.29) is 11.8 Å². The van der Waals surface area contributed by atoms with Crippen LogP contribution < -0.4 is 14.2 Å². The number of hydrogen-bond donors (Lipinski definition) is 0. The first-order valence-corrected chi connectivity index (χ1v) is 9.69. The third kappa shape index (κ3) is 3.56. The Morgan fingerprint density at radius 2 is 1.67 bits per heavy atom. The zero-order chi connectivity index (χ0) is 21.1. The number of carbonyl (C=O) groups excluding carboxylic acids is 1. The lowest BCUT2D eigenvalue weighted by molar-refractivity contribution is 0.0793. The van der Waals surface area contributed by atoms with Gasteiger partial charge in [0.2, 0.25) is 11.6 Å². The molecule has 1 amide bonds. The van der Waals surface area contributed by atoms with Crippen molar-refractivity contribution in [2.24, 2.45) is 0 Å². The van der Waals surface area contributed by atoms with Crippen LogP contribution in [0.2, 0.25) is 0 Å². The molecule has 1 saturated heterocycles. The largest absolute Gasteiger partial charge is 0.493 e. The molecule has 2 heterocycles. The van der Waals surface area contributed by atoms with E-state index in [4.69, 9.17) is 18.7 Å². The van der Waals surface area contributed by atoms with Gasteiger partial charge in [0.15, 0.2) is 11.5 Å². The van der Waals surface area contributed by atoms with E-state index >= 15 is 0 Å². The van der Waals surface area contributed by atoms with Gasteiger partial charge in [-0.3, -0.25) is 4.79 Å². The van der Waals surface area contributed by atoms with E-state index in [1.165, 1.54) is 0 Å². The van der Waals surface area contributed by atoms with Crippen LogP contribution in [0.15, 0.2) is 40.9 Å². The number of benzene rings is 2. The smallest absolute Gasteiger partial charge is 0.259 e. The maximum absolute atomic E-state index is 12.9. The van der Waals surface area contributed by atoms with E-state index in [1.807, 2.05) is 23.1 Å². The highest BCUT2D eigenvalue weighted by atomic mass is 16.5. The minimum atomic E-state index is -0.0179. The molecule has 0 saturated carbocycles. The first kappa shape index (κ1) is 19.8. The number of amides is 1. The molecule has 0 atom stereocenters. The van der Waals surface area contributed by atoms with Gasteiger partial charge in [0.05, 0.1) is 32.5 Å². The SMILES string of the molecule is COc1cc(-c2noc(-c3ccccc3C(=O)N3CCCC3)n2)cc(OC)c1OC. The fourth-order valence-electron chi connectivity index (χ4n) is 3.61. The number of likely N-dealkylation sites (tertiary alicyclic amines) is 1. The molecule has 156 valence electrons. The van der Waals surface area contributed by atoms with Crippen molar-refractivity contribution in [3.05, 3.63) is 42.0 Å². The molecule has 8 nitrogen and oxygen atoms in total. The summed E-state index contributed by atoms with van der Waals surface area (Å²) in [7, 11) is 4.63. The quantitative estimate of drug-likeness (QED) is 0.614. The number of carbonyl (C=O) groups is 1.